The van der Waals surface area contributed by atoms with Gasteiger partial charge in [-0.3, -0.25) is 0 Å². The Morgan fingerprint density at radius 1 is 1.06 bits per heavy atom. The van der Waals surface area contributed by atoms with E-state index in [0.29, 0.717) is 11.3 Å². The summed E-state index contributed by atoms with van der Waals surface area (Å²) in [5, 5.41) is 11.4. The van der Waals surface area contributed by atoms with Crippen LogP contribution in [0.15, 0.2) is 42.5 Å². The number of nitriles is 1. The van der Waals surface area contributed by atoms with Gasteiger partial charge in [-0.05, 0) is 30.3 Å². The van der Waals surface area contributed by atoms with Gasteiger partial charge in [0.15, 0.2) is 0 Å². The lowest BCUT2D eigenvalue weighted by atomic mass is 10.2. The molecular weight excluding hydrogens is 222 g/mol. The van der Waals surface area contributed by atoms with Crippen molar-refractivity contribution in [1.82, 2.24) is 0 Å². The summed E-state index contributed by atoms with van der Waals surface area (Å²) in [6, 6.07) is 11.7. The van der Waals surface area contributed by atoms with Gasteiger partial charge in [0, 0.05) is 11.8 Å². The fraction of sp³-hybridized carbons (Fsp3) is 0. The monoisotopic (exact) mass is 230 g/mol. The number of hydrogen-bond donors (Lipinski definition) is 1. The molecule has 0 aromatic heterocycles. The molecule has 2 aromatic rings. The molecule has 0 spiro atoms. The zero-order valence-corrected chi connectivity index (χ0v) is 8.74. The summed E-state index contributed by atoms with van der Waals surface area (Å²) in [4.78, 5) is 0. The Morgan fingerprint density at radius 3 is 2.65 bits per heavy atom. The van der Waals surface area contributed by atoms with Gasteiger partial charge in [-0.25, -0.2) is 8.78 Å². The maximum absolute atomic E-state index is 13.3. The normalized spacial score (nSPS) is 9.71. The minimum Gasteiger partial charge on any atom is -0.353 e. The molecule has 0 aliphatic rings. The Bertz CT molecular complexity index is 588. The summed E-state index contributed by atoms with van der Waals surface area (Å²) in [5.74, 6) is -1.07. The minimum absolute atomic E-state index is 0.0417. The predicted molar refractivity (Wildman–Crippen MR) is 60.8 cm³/mol. The second-order valence-corrected chi connectivity index (χ2v) is 3.44. The highest BCUT2D eigenvalue weighted by Gasteiger charge is 2.04. The SMILES string of the molecule is N#Cc1cccc(Nc2cc(F)ccc2F)c1. The van der Waals surface area contributed by atoms with Gasteiger partial charge in [0.1, 0.15) is 11.6 Å². The highest BCUT2D eigenvalue weighted by Crippen LogP contribution is 2.21. The zero-order chi connectivity index (χ0) is 12.3. The second kappa shape index (κ2) is 4.62. The molecule has 2 nitrogen and oxygen atoms in total. The van der Waals surface area contributed by atoms with Crippen LogP contribution in [0.3, 0.4) is 0 Å². The first kappa shape index (κ1) is 11.1. The van der Waals surface area contributed by atoms with Crippen LogP contribution in [0, 0.1) is 23.0 Å². The van der Waals surface area contributed by atoms with E-state index in [9.17, 15) is 8.78 Å². The van der Waals surface area contributed by atoms with Crippen molar-refractivity contribution in [1.29, 1.82) is 5.26 Å². The van der Waals surface area contributed by atoms with Crippen molar-refractivity contribution in [3.8, 4) is 6.07 Å². The molecule has 0 fully saturated rings. The molecule has 0 bridgehead atoms. The fourth-order valence-electron chi connectivity index (χ4n) is 1.42. The van der Waals surface area contributed by atoms with Gasteiger partial charge in [0.2, 0.25) is 0 Å². The van der Waals surface area contributed by atoms with Gasteiger partial charge in [0.05, 0.1) is 17.3 Å². The summed E-state index contributed by atoms with van der Waals surface area (Å²) in [5.41, 5.74) is 1.03. The maximum atomic E-state index is 13.3. The standard InChI is InChI=1S/C13H8F2N2/c14-10-4-5-12(15)13(7-10)17-11-3-1-2-9(6-11)8-16/h1-7,17H. The number of rotatable bonds is 2. The van der Waals surface area contributed by atoms with Crippen molar-refractivity contribution in [2.24, 2.45) is 0 Å². The lowest BCUT2D eigenvalue weighted by Gasteiger charge is -2.07. The first-order chi connectivity index (χ1) is 8.19. The highest BCUT2D eigenvalue weighted by molar-refractivity contribution is 5.61. The molecule has 84 valence electrons. The van der Waals surface area contributed by atoms with E-state index in [1.54, 1.807) is 24.3 Å². The summed E-state index contributed by atoms with van der Waals surface area (Å²) < 4.78 is 26.3. The number of nitrogens with zero attached hydrogens (tertiary/aromatic N) is 1. The van der Waals surface area contributed by atoms with Crippen LogP contribution in [0.4, 0.5) is 20.2 Å². The molecule has 4 heteroatoms. The fourth-order valence-corrected chi connectivity index (χ4v) is 1.42. The molecule has 1 N–H and O–H groups in total. The average Bonchev–Trinajstić information content (AvgIpc) is 2.34. The Balaban J connectivity index is 2.31. The summed E-state index contributed by atoms with van der Waals surface area (Å²) in [6.45, 7) is 0. The van der Waals surface area contributed by atoms with Gasteiger partial charge >= 0.3 is 0 Å². The van der Waals surface area contributed by atoms with Crippen molar-refractivity contribution in [3.05, 3.63) is 59.7 Å². The van der Waals surface area contributed by atoms with Gasteiger partial charge < -0.3 is 5.32 Å². The molecule has 0 heterocycles. The van der Waals surface area contributed by atoms with E-state index < -0.39 is 11.6 Å². The van der Waals surface area contributed by atoms with Gasteiger partial charge in [-0.15, -0.1) is 0 Å². The van der Waals surface area contributed by atoms with Crippen molar-refractivity contribution in [2.45, 2.75) is 0 Å². The molecule has 0 saturated carbocycles. The third-order valence-electron chi connectivity index (χ3n) is 2.20. The minimum atomic E-state index is -0.547. The van der Waals surface area contributed by atoms with Crippen molar-refractivity contribution in [3.63, 3.8) is 0 Å². The van der Waals surface area contributed by atoms with E-state index in [1.807, 2.05) is 6.07 Å². The van der Waals surface area contributed by atoms with Crippen LogP contribution < -0.4 is 5.32 Å². The average molecular weight is 230 g/mol. The molecule has 0 radical (unpaired) electrons. The predicted octanol–water partition coefficient (Wildman–Crippen LogP) is 3.58. The van der Waals surface area contributed by atoms with Crippen LogP contribution in [0.5, 0.6) is 0 Å². The Labute approximate surface area is 97.1 Å². The van der Waals surface area contributed by atoms with Crippen molar-refractivity contribution < 1.29 is 8.78 Å². The molecule has 17 heavy (non-hydrogen) atoms. The van der Waals surface area contributed by atoms with Crippen molar-refractivity contribution in [2.75, 3.05) is 5.32 Å². The number of halogens is 2. The van der Waals surface area contributed by atoms with E-state index in [1.165, 1.54) is 0 Å². The van der Waals surface area contributed by atoms with Crippen LogP contribution in [-0.4, -0.2) is 0 Å². The van der Waals surface area contributed by atoms with Crippen LogP contribution in [0.25, 0.3) is 0 Å². The molecule has 0 aliphatic carbocycles. The van der Waals surface area contributed by atoms with E-state index >= 15 is 0 Å². The summed E-state index contributed by atoms with van der Waals surface area (Å²) >= 11 is 0. The molecule has 2 aromatic carbocycles. The third kappa shape index (κ3) is 2.58. The molecule has 0 unspecified atom stereocenters. The van der Waals surface area contributed by atoms with Gasteiger partial charge in [0.25, 0.3) is 0 Å². The molecule has 0 saturated heterocycles. The first-order valence-corrected chi connectivity index (χ1v) is 4.91. The van der Waals surface area contributed by atoms with Crippen molar-refractivity contribution >= 4 is 11.4 Å². The largest absolute Gasteiger partial charge is 0.353 e. The van der Waals surface area contributed by atoms with Gasteiger partial charge in [-0.2, -0.15) is 5.26 Å². The van der Waals surface area contributed by atoms with Crippen LogP contribution >= 0.6 is 0 Å². The first-order valence-electron chi connectivity index (χ1n) is 4.91. The Morgan fingerprint density at radius 2 is 1.88 bits per heavy atom. The number of anilines is 2. The number of hydrogen-bond acceptors (Lipinski definition) is 2. The molecule has 0 atom stereocenters. The quantitative estimate of drug-likeness (QED) is 0.855. The zero-order valence-electron chi connectivity index (χ0n) is 8.74. The number of nitrogens with one attached hydrogen (secondary N) is 1. The molecule has 2 rings (SSSR count). The van der Waals surface area contributed by atoms with E-state index in [0.717, 1.165) is 18.2 Å². The molecular formula is C13H8F2N2. The van der Waals surface area contributed by atoms with Crippen LogP contribution in [0.1, 0.15) is 5.56 Å². The summed E-state index contributed by atoms with van der Waals surface area (Å²) in [6.07, 6.45) is 0. The lowest BCUT2D eigenvalue weighted by molar-refractivity contribution is 0.603. The smallest absolute Gasteiger partial charge is 0.146 e. The Kier molecular flexibility index (Phi) is 3.01. The molecule has 0 amide bonds. The summed E-state index contributed by atoms with van der Waals surface area (Å²) in [7, 11) is 0. The Hall–Kier alpha value is -2.41. The van der Waals surface area contributed by atoms with Crippen LogP contribution in [-0.2, 0) is 0 Å². The maximum Gasteiger partial charge on any atom is 0.146 e. The van der Waals surface area contributed by atoms with Crippen LogP contribution in [0.2, 0.25) is 0 Å². The topological polar surface area (TPSA) is 35.8 Å². The second-order valence-electron chi connectivity index (χ2n) is 3.44. The van der Waals surface area contributed by atoms with E-state index in [-0.39, 0.29) is 5.69 Å². The number of benzene rings is 2. The van der Waals surface area contributed by atoms with E-state index in [2.05, 4.69) is 5.32 Å². The molecule has 0 aliphatic heterocycles. The van der Waals surface area contributed by atoms with Gasteiger partial charge in [-0.1, -0.05) is 6.07 Å². The lowest BCUT2D eigenvalue weighted by Crippen LogP contribution is -1.94. The third-order valence-corrected chi connectivity index (χ3v) is 2.20. The van der Waals surface area contributed by atoms with E-state index in [4.69, 9.17) is 5.26 Å². The highest BCUT2D eigenvalue weighted by atomic mass is 19.1.